The summed E-state index contributed by atoms with van der Waals surface area (Å²) in [7, 11) is 0. The molecule has 4 rings (SSSR count). The Labute approximate surface area is 139 Å². The number of benzene rings is 2. The fraction of sp³-hybridized carbons (Fsp3) is 0.278. The smallest absolute Gasteiger partial charge is 0.234 e. The molecule has 112 valence electrons. The minimum atomic E-state index is 0.0131. The summed E-state index contributed by atoms with van der Waals surface area (Å²) in [6.07, 6.45) is 1.85. The summed E-state index contributed by atoms with van der Waals surface area (Å²) >= 11 is 3.58. The van der Waals surface area contributed by atoms with Crippen molar-refractivity contribution in [1.29, 1.82) is 0 Å². The molecule has 4 heteroatoms. The monoisotopic (exact) mass is 327 g/mol. The van der Waals surface area contributed by atoms with E-state index in [0.717, 1.165) is 18.6 Å². The number of carbonyl (C=O) groups is 1. The standard InChI is InChI=1S/C18H17NOS2/c20-18(17-11-12-5-1-3-7-15(12)22-17)19-14-9-10-21-16-8-4-2-6-13(14)16/h1-8,14,17H,9-11H2,(H,19,20). The summed E-state index contributed by atoms with van der Waals surface area (Å²) < 4.78 is 0. The Bertz CT molecular complexity index is 691. The highest BCUT2D eigenvalue weighted by Crippen LogP contribution is 2.39. The molecule has 0 fully saturated rings. The summed E-state index contributed by atoms with van der Waals surface area (Å²) in [6.45, 7) is 0. The second-order valence-electron chi connectivity index (χ2n) is 5.65. The molecule has 2 heterocycles. The summed E-state index contributed by atoms with van der Waals surface area (Å²) in [5.41, 5.74) is 2.57. The molecule has 2 aliphatic rings. The lowest BCUT2D eigenvalue weighted by Gasteiger charge is -2.26. The van der Waals surface area contributed by atoms with Gasteiger partial charge < -0.3 is 5.32 Å². The molecular weight excluding hydrogens is 310 g/mol. The lowest BCUT2D eigenvalue weighted by Crippen LogP contribution is -2.36. The number of hydrogen-bond acceptors (Lipinski definition) is 3. The van der Waals surface area contributed by atoms with Crippen LogP contribution in [0.4, 0.5) is 0 Å². The van der Waals surface area contributed by atoms with E-state index < -0.39 is 0 Å². The lowest BCUT2D eigenvalue weighted by molar-refractivity contribution is -0.121. The van der Waals surface area contributed by atoms with Gasteiger partial charge in [0.1, 0.15) is 0 Å². The first-order valence-corrected chi connectivity index (χ1v) is 9.44. The summed E-state index contributed by atoms with van der Waals surface area (Å²) in [6, 6.07) is 16.9. The van der Waals surface area contributed by atoms with Crippen LogP contribution in [-0.4, -0.2) is 16.9 Å². The van der Waals surface area contributed by atoms with E-state index in [2.05, 4.69) is 41.7 Å². The average molecular weight is 327 g/mol. The van der Waals surface area contributed by atoms with Gasteiger partial charge in [-0.2, -0.15) is 0 Å². The minimum absolute atomic E-state index is 0.0131. The molecule has 0 spiro atoms. The number of amides is 1. The number of hydrogen-bond donors (Lipinski definition) is 1. The molecule has 2 aromatic rings. The minimum Gasteiger partial charge on any atom is -0.348 e. The molecule has 2 aliphatic heterocycles. The van der Waals surface area contributed by atoms with E-state index in [1.165, 1.54) is 20.9 Å². The number of rotatable bonds is 2. The zero-order valence-corrected chi connectivity index (χ0v) is 13.8. The van der Waals surface area contributed by atoms with Crippen LogP contribution in [0, 0.1) is 0 Å². The molecule has 0 bridgehead atoms. The van der Waals surface area contributed by atoms with Gasteiger partial charge in [0.05, 0.1) is 11.3 Å². The van der Waals surface area contributed by atoms with Crippen LogP contribution in [0.3, 0.4) is 0 Å². The van der Waals surface area contributed by atoms with E-state index in [1.54, 1.807) is 11.8 Å². The highest BCUT2D eigenvalue weighted by atomic mass is 32.2. The molecule has 0 saturated heterocycles. The van der Waals surface area contributed by atoms with Gasteiger partial charge in [-0.15, -0.1) is 23.5 Å². The quantitative estimate of drug-likeness (QED) is 0.902. The molecule has 22 heavy (non-hydrogen) atoms. The van der Waals surface area contributed by atoms with Gasteiger partial charge in [0, 0.05) is 15.5 Å². The predicted molar refractivity (Wildman–Crippen MR) is 92.5 cm³/mol. The van der Waals surface area contributed by atoms with Crippen molar-refractivity contribution < 1.29 is 4.79 Å². The Hall–Kier alpha value is -1.39. The second kappa shape index (κ2) is 6.01. The molecule has 0 radical (unpaired) electrons. The van der Waals surface area contributed by atoms with Gasteiger partial charge in [-0.3, -0.25) is 4.79 Å². The van der Waals surface area contributed by atoms with Gasteiger partial charge in [-0.1, -0.05) is 36.4 Å². The van der Waals surface area contributed by atoms with Crippen LogP contribution < -0.4 is 5.32 Å². The van der Waals surface area contributed by atoms with E-state index in [4.69, 9.17) is 0 Å². The Balaban J connectivity index is 1.48. The Morgan fingerprint density at radius 3 is 2.68 bits per heavy atom. The zero-order chi connectivity index (χ0) is 14.9. The molecule has 2 atom stereocenters. The summed E-state index contributed by atoms with van der Waals surface area (Å²) in [5, 5.41) is 3.29. The number of fused-ring (bicyclic) bond motifs is 2. The van der Waals surface area contributed by atoms with Gasteiger partial charge in [0.25, 0.3) is 0 Å². The van der Waals surface area contributed by atoms with Gasteiger partial charge in [-0.25, -0.2) is 0 Å². The lowest BCUT2D eigenvalue weighted by atomic mass is 10.0. The van der Waals surface area contributed by atoms with E-state index in [-0.39, 0.29) is 17.2 Å². The van der Waals surface area contributed by atoms with Crippen molar-refractivity contribution in [2.75, 3.05) is 5.75 Å². The first kappa shape index (κ1) is 14.2. The van der Waals surface area contributed by atoms with Crippen molar-refractivity contribution in [2.45, 2.75) is 33.9 Å². The third-order valence-electron chi connectivity index (χ3n) is 4.21. The van der Waals surface area contributed by atoms with Gasteiger partial charge in [0.15, 0.2) is 0 Å². The topological polar surface area (TPSA) is 29.1 Å². The number of carbonyl (C=O) groups excluding carboxylic acids is 1. The van der Waals surface area contributed by atoms with Gasteiger partial charge in [-0.05, 0) is 36.1 Å². The van der Waals surface area contributed by atoms with E-state index in [9.17, 15) is 4.79 Å². The van der Waals surface area contributed by atoms with Gasteiger partial charge >= 0.3 is 0 Å². The number of nitrogens with one attached hydrogen (secondary N) is 1. The first-order valence-electron chi connectivity index (χ1n) is 7.58. The summed E-state index contributed by atoms with van der Waals surface area (Å²) in [5.74, 6) is 1.24. The Kier molecular flexibility index (Phi) is 3.89. The van der Waals surface area contributed by atoms with Crippen LogP contribution >= 0.6 is 23.5 Å². The largest absolute Gasteiger partial charge is 0.348 e. The third kappa shape index (κ3) is 2.66. The fourth-order valence-corrected chi connectivity index (χ4v) is 5.41. The maximum Gasteiger partial charge on any atom is 0.234 e. The van der Waals surface area contributed by atoms with E-state index in [0.29, 0.717) is 0 Å². The maximum atomic E-state index is 12.7. The molecule has 0 aromatic heterocycles. The Morgan fingerprint density at radius 2 is 1.82 bits per heavy atom. The summed E-state index contributed by atoms with van der Waals surface area (Å²) in [4.78, 5) is 15.2. The molecule has 2 unspecified atom stereocenters. The average Bonchev–Trinajstić information content (AvgIpc) is 2.99. The van der Waals surface area contributed by atoms with Crippen molar-refractivity contribution in [3.8, 4) is 0 Å². The van der Waals surface area contributed by atoms with Crippen molar-refractivity contribution in [3.05, 3.63) is 59.7 Å². The van der Waals surface area contributed by atoms with E-state index >= 15 is 0 Å². The van der Waals surface area contributed by atoms with Crippen molar-refractivity contribution >= 4 is 29.4 Å². The van der Waals surface area contributed by atoms with Crippen LogP contribution in [-0.2, 0) is 11.2 Å². The first-order chi connectivity index (χ1) is 10.8. The van der Waals surface area contributed by atoms with Crippen LogP contribution in [0.25, 0.3) is 0 Å². The molecule has 1 amide bonds. The fourth-order valence-electron chi connectivity index (χ4n) is 3.08. The molecule has 2 aromatic carbocycles. The molecule has 2 nitrogen and oxygen atoms in total. The van der Waals surface area contributed by atoms with Crippen LogP contribution in [0.2, 0.25) is 0 Å². The normalized spacial score (nSPS) is 22.7. The third-order valence-corrected chi connectivity index (χ3v) is 6.65. The molecule has 0 aliphatic carbocycles. The van der Waals surface area contributed by atoms with Crippen molar-refractivity contribution in [2.24, 2.45) is 0 Å². The SMILES string of the molecule is O=C(NC1CCSc2ccccc21)C1Cc2ccccc2S1. The van der Waals surface area contributed by atoms with Gasteiger partial charge in [0.2, 0.25) is 5.91 Å². The van der Waals surface area contributed by atoms with Crippen molar-refractivity contribution in [3.63, 3.8) is 0 Å². The highest BCUT2D eigenvalue weighted by molar-refractivity contribution is 8.01. The van der Waals surface area contributed by atoms with Crippen molar-refractivity contribution in [1.82, 2.24) is 5.32 Å². The Morgan fingerprint density at radius 1 is 1.05 bits per heavy atom. The van der Waals surface area contributed by atoms with Crippen LogP contribution in [0.5, 0.6) is 0 Å². The molecule has 1 N–H and O–H groups in total. The van der Waals surface area contributed by atoms with E-state index in [1.807, 2.05) is 23.9 Å². The second-order valence-corrected chi connectivity index (χ2v) is 8.04. The maximum absolute atomic E-state index is 12.7. The number of thioether (sulfide) groups is 2. The molecular formula is C18H17NOS2. The molecule has 0 saturated carbocycles. The highest BCUT2D eigenvalue weighted by Gasteiger charge is 2.30. The van der Waals surface area contributed by atoms with Crippen LogP contribution in [0.1, 0.15) is 23.6 Å². The zero-order valence-electron chi connectivity index (χ0n) is 12.1. The van der Waals surface area contributed by atoms with Crippen LogP contribution in [0.15, 0.2) is 58.3 Å². The predicted octanol–water partition coefficient (Wildman–Crippen LogP) is 4.06.